The number of benzene rings is 1. The molecule has 2 heteroatoms. The zero-order valence-corrected chi connectivity index (χ0v) is 17.0. The Morgan fingerprint density at radius 1 is 0.778 bits per heavy atom. The van der Waals surface area contributed by atoms with Gasteiger partial charge in [-0.3, -0.25) is 0 Å². The Hall–Kier alpha value is -2.27. The molecule has 0 spiro atoms. The number of ether oxygens (including phenoxy) is 1. The number of aryl methyl sites for hydroxylation is 1. The number of aromatic nitrogens is 1. The molecule has 0 radical (unpaired) electrons. The van der Waals surface area contributed by atoms with Crippen molar-refractivity contribution in [2.75, 3.05) is 6.61 Å². The number of rotatable bonds is 11. The number of pyridine rings is 1. The molecule has 0 aliphatic rings. The van der Waals surface area contributed by atoms with Crippen molar-refractivity contribution in [1.29, 1.82) is 0 Å². The van der Waals surface area contributed by atoms with E-state index >= 15 is 0 Å². The zero-order chi connectivity index (χ0) is 19.2. The molecule has 1 heterocycles. The molecule has 1 aromatic heterocycles. The van der Waals surface area contributed by atoms with Gasteiger partial charge in [-0.1, -0.05) is 64.4 Å². The lowest BCUT2D eigenvalue weighted by molar-refractivity contribution is 0.306. The van der Waals surface area contributed by atoms with E-state index in [9.17, 15) is 0 Å². The van der Waals surface area contributed by atoms with Gasteiger partial charge in [0, 0.05) is 11.8 Å². The van der Waals surface area contributed by atoms with Gasteiger partial charge in [-0.15, -0.1) is 0 Å². The minimum Gasteiger partial charge on any atom is -0.494 e. The van der Waals surface area contributed by atoms with Crippen LogP contribution in [0.3, 0.4) is 0 Å². The highest BCUT2D eigenvalue weighted by molar-refractivity contribution is 5.42. The van der Waals surface area contributed by atoms with Gasteiger partial charge < -0.3 is 4.74 Å². The first-order valence-electron chi connectivity index (χ1n) is 10.5. The van der Waals surface area contributed by atoms with E-state index in [0.717, 1.165) is 36.5 Å². The second kappa shape index (κ2) is 13.0. The third kappa shape index (κ3) is 8.78. The Kier molecular flexibility index (Phi) is 10.1. The standard InChI is InChI=1S/C25H33NO/c1-3-5-7-8-9-11-23-13-17-24(26-21-23)16-12-22-14-18-25(19-15-22)27-20-10-6-4-2/h13-15,17-19,21H,3-11,20H2,1-2H3. The van der Waals surface area contributed by atoms with Crippen LogP contribution in [0.2, 0.25) is 0 Å². The molecule has 0 saturated carbocycles. The van der Waals surface area contributed by atoms with Crippen molar-refractivity contribution in [1.82, 2.24) is 4.98 Å². The van der Waals surface area contributed by atoms with Crippen LogP contribution in [-0.4, -0.2) is 11.6 Å². The summed E-state index contributed by atoms with van der Waals surface area (Å²) in [6.45, 7) is 5.23. The minimum absolute atomic E-state index is 0.785. The van der Waals surface area contributed by atoms with Crippen molar-refractivity contribution in [2.45, 2.75) is 71.6 Å². The largest absolute Gasteiger partial charge is 0.494 e. The number of nitrogens with zero attached hydrogens (tertiary/aromatic N) is 1. The lowest BCUT2D eigenvalue weighted by atomic mass is 10.1. The molecule has 0 N–H and O–H groups in total. The number of hydrogen-bond acceptors (Lipinski definition) is 2. The molecule has 0 aliphatic heterocycles. The number of hydrogen-bond donors (Lipinski definition) is 0. The summed E-state index contributed by atoms with van der Waals surface area (Å²) < 4.78 is 5.73. The summed E-state index contributed by atoms with van der Waals surface area (Å²) in [7, 11) is 0. The van der Waals surface area contributed by atoms with Gasteiger partial charge in [0.1, 0.15) is 11.4 Å². The van der Waals surface area contributed by atoms with E-state index in [4.69, 9.17) is 4.74 Å². The molecular weight excluding hydrogens is 330 g/mol. The lowest BCUT2D eigenvalue weighted by Crippen LogP contribution is -1.96. The van der Waals surface area contributed by atoms with Crippen LogP contribution in [-0.2, 0) is 6.42 Å². The lowest BCUT2D eigenvalue weighted by Gasteiger charge is -2.05. The van der Waals surface area contributed by atoms with E-state index in [-0.39, 0.29) is 0 Å². The molecular formula is C25H33NO. The predicted molar refractivity (Wildman–Crippen MR) is 114 cm³/mol. The van der Waals surface area contributed by atoms with Crippen LogP contribution in [0.1, 0.15) is 82.0 Å². The van der Waals surface area contributed by atoms with Gasteiger partial charge in [0.2, 0.25) is 0 Å². The Labute approximate surface area is 165 Å². The van der Waals surface area contributed by atoms with Crippen molar-refractivity contribution < 1.29 is 4.74 Å². The van der Waals surface area contributed by atoms with Crippen molar-refractivity contribution >= 4 is 0 Å². The van der Waals surface area contributed by atoms with Crippen LogP contribution in [0.5, 0.6) is 5.75 Å². The Balaban J connectivity index is 1.79. The van der Waals surface area contributed by atoms with Crippen molar-refractivity contribution in [2.24, 2.45) is 0 Å². The third-order valence-electron chi connectivity index (χ3n) is 4.60. The Morgan fingerprint density at radius 3 is 2.22 bits per heavy atom. The topological polar surface area (TPSA) is 22.1 Å². The highest BCUT2D eigenvalue weighted by Crippen LogP contribution is 2.13. The average Bonchev–Trinajstić information content (AvgIpc) is 2.71. The maximum absolute atomic E-state index is 5.73. The van der Waals surface area contributed by atoms with E-state index in [1.807, 2.05) is 36.5 Å². The Bertz CT molecular complexity index is 692. The van der Waals surface area contributed by atoms with Gasteiger partial charge in [0.05, 0.1) is 6.61 Å². The third-order valence-corrected chi connectivity index (χ3v) is 4.60. The van der Waals surface area contributed by atoms with Crippen LogP contribution in [0.25, 0.3) is 0 Å². The van der Waals surface area contributed by atoms with E-state index in [1.54, 1.807) is 0 Å². The molecule has 27 heavy (non-hydrogen) atoms. The SMILES string of the molecule is CCCCCCCc1ccc(C#Cc2ccc(OCCCCC)cc2)nc1. The van der Waals surface area contributed by atoms with Crippen molar-refractivity contribution in [3.63, 3.8) is 0 Å². The molecule has 0 fully saturated rings. The second-order valence-electron chi connectivity index (χ2n) is 7.05. The van der Waals surface area contributed by atoms with E-state index in [2.05, 4.69) is 36.7 Å². The summed E-state index contributed by atoms with van der Waals surface area (Å²) in [5, 5.41) is 0. The smallest absolute Gasteiger partial charge is 0.119 e. The molecule has 2 nitrogen and oxygen atoms in total. The fourth-order valence-corrected chi connectivity index (χ4v) is 2.89. The quantitative estimate of drug-likeness (QED) is 0.333. The van der Waals surface area contributed by atoms with Crippen LogP contribution >= 0.6 is 0 Å². The van der Waals surface area contributed by atoms with Crippen LogP contribution < -0.4 is 4.74 Å². The van der Waals surface area contributed by atoms with Crippen LogP contribution in [0.15, 0.2) is 42.6 Å². The number of unbranched alkanes of at least 4 members (excludes halogenated alkanes) is 6. The Morgan fingerprint density at radius 2 is 1.52 bits per heavy atom. The van der Waals surface area contributed by atoms with Gasteiger partial charge in [0.25, 0.3) is 0 Å². The average molecular weight is 364 g/mol. The summed E-state index contributed by atoms with van der Waals surface area (Å²) in [6, 6.07) is 12.2. The highest BCUT2D eigenvalue weighted by Gasteiger charge is 1.96. The van der Waals surface area contributed by atoms with Crippen molar-refractivity contribution in [3.05, 3.63) is 59.4 Å². The first-order chi connectivity index (χ1) is 13.3. The maximum atomic E-state index is 5.73. The molecule has 0 atom stereocenters. The van der Waals surface area contributed by atoms with Crippen molar-refractivity contribution in [3.8, 4) is 17.6 Å². The van der Waals surface area contributed by atoms with Gasteiger partial charge >= 0.3 is 0 Å². The van der Waals surface area contributed by atoms with Gasteiger partial charge in [-0.05, 0) is 61.1 Å². The minimum atomic E-state index is 0.785. The summed E-state index contributed by atoms with van der Waals surface area (Å²) in [4.78, 5) is 4.49. The van der Waals surface area contributed by atoms with E-state index < -0.39 is 0 Å². The normalized spacial score (nSPS) is 10.3. The highest BCUT2D eigenvalue weighted by atomic mass is 16.5. The zero-order valence-electron chi connectivity index (χ0n) is 17.0. The molecule has 0 saturated heterocycles. The molecule has 0 unspecified atom stereocenters. The predicted octanol–water partition coefficient (Wildman–Crippen LogP) is 6.56. The first kappa shape index (κ1) is 21.0. The van der Waals surface area contributed by atoms with E-state index in [1.165, 1.54) is 50.5 Å². The summed E-state index contributed by atoms with van der Waals surface area (Å²) >= 11 is 0. The molecule has 2 rings (SSSR count). The maximum Gasteiger partial charge on any atom is 0.119 e. The first-order valence-corrected chi connectivity index (χ1v) is 10.5. The summed E-state index contributed by atoms with van der Waals surface area (Å²) in [5.74, 6) is 7.25. The molecule has 1 aromatic carbocycles. The molecule has 0 amide bonds. The molecule has 144 valence electrons. The molecule has 2 aromatic rings. The van der Waals surface area contributed by atoms with E-state index in [0.29, 0.717) is 0 Å². The summed E-state index contributed by atoms with van der Waals surface area (Å²) in [6.07, 6.45) is 13.2. The fraction of sp³-hybridized carbons (Fsp3) is 0.480. The van der Waals surface area contributed by atoms with Crippen LogP contribution in [0, 0.1) is 11.8 Å². The fourth-order valence-electron chi connectivity index (χ4n) is 2.89. The van der Waals surface area contributed by atoms with Gasteiger partial charge in [-0.2, -0.15) is 0 Å². The second-order valence-corrected chi connectivity index (χ2v) is 7.05. The monoisotopic (exact) mass is 363 g/mol. The molecule has 0 bridgehead atoms. The van der Waals surface area contributed by atoms with Crippen LogP contribution in [0.4, 0.5) is 0 Å². The molecule has 0 aliphatic carbocycles. The van der Waals surface area contributed by atoms with Gasteiger partial charge in [0.15, 0.2) is 0 Å². The summed E-state index contributed by atoms with van der Waals surface area (Å²) in [5.41, 5.74) is 3.11. The van der Waals surface area contributed by atoms with Gasteiger partial charge in [-0.25, -0.2) is 4.98 Å².